The van der Waals surface area contributed by atoms with E-state index in [0.29, 0.717) is 12.5 Å². The molecule has 1 aromatic rings. The van der Waals surface area contributed by atoms with E-state index in [-0.39, 0.29) is 5.91 Å². The lowest BCUT2D eigenvalue weighted by molar-refractivity contribution is -0.135. The summed E-state index contributed by atoms with van der Waals surface area (Å²) in [4.78, 5) is 16.8. The van der Waals surface area contributed by atoms with Crippen LogP contribution in [0.15, 0.2) is 18.5 Å². The van der Waals surface area contributed by atoms with Gasteiger partial charge in [-0.05, 0) is 13.0 Å². The number of aromatic nitrogens is 1. The van der Waals surface area contributed by atoms with Crippen LogP contribution in [-0.4, -0.2) is 35.5 Å². The molecule has 4 heteroatoms. The van der Waals surface area contributed by atoms with Crippen molar-refractivity contribution >= 4 is 5.91 Å². The maximum Gasteiger partial charge on any atom is 0.219 e. The zero-order chi connectivity index (χ0) is 11.5. The highest BCUT2D eigenvalue weighted by Gasteiger charge is 2.28. The minimum absolute atomic E-state index is 0.149. The molecule has 0 aliphatic carbocycles. The lowest BCUT2D eigenvalue weighted by atomic mass is 10.0. The Labute approximate surface area is 95.2 Å². The average molecular weight is 220 g/mol. The van der Waals surface area contributed by atoms with Gasteiger partial charge in [-0.1, -0.05) is 0 Å². The number of hydrogen-bond acceptors (Lipinski definition) is 3. The summed E-state index contributed by atoms with van der Waals surface area (Å²) < 4.78 is 5.69. The molecule has 1 fully saturated rings. The van der Waals surface area contributed by atoms with E-state index in [4.69, 9.17) is 4.74 Å². The quantitative estimate of drug-likeness (QED) is 0.769. The van der Waals surface area contributed by atoms with Gasteiger partial charge in [-0.2, -0.15) is 0 Å². The Hall–Kier alpha value is -1.58. The number of nitrogens with zero attached hydrogens (tertiary/aromatic N) is 2. The molecular formula is C12H16N2O2. The van der Waals surface area contributed by atoms with Crippen molar-refractivity contribution in [3.63, 3.8) is 0 Å². The van der Waals surface area contributed by atoms with E-state index in [1.165, 1.54) is 0 Å². The molecule has 0 atom stereocenters. The van der Waals surface area contributed by atoms with Crippen molar-refractivity contribution in [2.24, 2.45) is 5.92 Å². The largest absolute Gasteiger partial charge is 0.493 e. The fourth-order valence-electron chi connectivity index (χ4n) is 1.76. The van der Waals surface area contributed by atoms with Crippen LogP contribution in [-0.2, 0) is 4.79 Å². The Kier molecular flexibility index (Phi) is 3.08. The summed E-state index contributed by atoms with van der Waals surface area (Å²) in [5.74, 6) is 1.50. The molecule has 1 aliphatic heterocycles. The van der Waals surface area contributed by atoms with Gasteiger partial charge in [0.05, 0.1) is 6.61 Å². The number of carbonyl (C=O) groups excluding carboxylic acids is 1. The molecule has 1 amide bonds. The summed E-state index contributed by atoms with van der Waals surface area (Å²) in [6.07, 6.45) is 3.52. The molecular weight excluding hydrogens is 204 g/mol. The van der Waals surface area contributed by atoms with E-state index in [1.807, 2.05) is 17.9 Å². The zero-order valence-electron chi connectivity index (χ0n) is 9.64. The fourth-order valence-corrected chi connectivity index (χ4v) is 1.76. The van der Waals surface area contributed by atoms with Gasteiger partial charge in [-0.25, -0.2) is 0 Å². The number of pyridine rings is 1. The summed E-state index contributed by atoms with van der Waals surface area (Å²) in [6, 6.07) is 1.87. The number of rotatable bonds is 3. The van der Waals surface area contributed by atoms with Crippen LogP contribution >= 0.6 is 0 Å². The molecule has 0 unspecified atom stereocenters. The predicted molar refractivity (Wildman–Crippen MR) is 60.2 cm³/mol. The molecule has 0 spiro atoms. The van der Waals surface area contributed by atoms with Crippen LogP contribution in [0.25, 0.3) is 0 Å². The molecule has 0 bridgehead atoms. The molecule has 0 N–H and O–H groups in total. The van der Waals surface area contributed by atoms with Crippen LogP contribution in [0.5, 0.6) is 5.75 Å². The monoisotopic (exact) mass is 220 g/mol. The summed E-state index contributed by atoms with van der Waals surface area (Å²) in [5.41, 5.74) is 1.05. The summed E-state index contributed by atoms with van der Waals surface area (Å²) in [6.45, 7) is 5.89. The maximum absolute atomic E-state index is 11.0. The lowest BCUT2D eigenvalue weighted by Crippen LogP contribution is -2.51. The van der Waals surface area contributed by atoms with Crippen molar-refractivity contribution in [2.75, 3.05) is 19.7 Å². The molecule has 2 rings (SSSR count). The number of ether oxygens (including phenoxy) is 1. The lowest BCUT2D eigenvalue weighted by Gasteiger charge is -2.38. The van der Waals surface area contributed by atoms with Crippen molar-refractivity contribution in [1.82, 2.24) is 9.88 Å². The second-order valence-corrected chi connectivity index (χ2v) is 4.24. The van der Waals surface area contributed by atoms with Crippen molar-refractivity contribution < 1.29 is 9.53 Å². The summed E-state index contributed by atoms with van der Waals surface area (Å²) >= 11 is 0. The Morgan fingerprint density at radius 3 is 3.00 bits per heavy atom. The third kappa shape index (κ3) is 2.32. The third-order valence-electron chi connectivity index (χ3n) is 2.85. The Morgan fingerprint density at radius 2 is 2.38 bits per heavy atom. The first-order chi connectivity index (χ1) is 7.66. The first-order valence-electron chi connectivity index (χ1n) is 5.45. The number of aryl methyl sites for hydroxylation is 1. The van der Waals surface area contributed by atoms with Gasteiger partial charge in [-0.3, -0.25) is 9.78 Å². The summed E-state index contributed by atoms with van der Waals surface area (Å²) in [5, 5.41) is 0. The standard InChI is InChI=1S/C12H16N2O2/c1-9-5-13-4-3-12(9)16-8-11-6-14(7-11)10(2)15/h3-5,11H,6-8H2,1-2H3. The third-order valence-corrected chi connectivity index (χ3v) is 2.85. The van der Waals surface area contributed by atoms with Crippen molar-refractivity contribution in [3.05, 3.63) is 24.0 Å². The highest BCUT2D eigenvalue weighted by Crippen LogP contribution is 2.20. The number of carbonyl (C=O) groups is 1. The molecule has 0 aromatic carbocycles. The molecule has 16 heavy (non-hydrogen) atoms. The van der Waals surface area contributed by atoms with Gasteiger partial charge in [0.2, 0.25) is 5.91 Å². The Bertz CT molecular complexity index is 386. The first-order valence-corrected chi connectivity index (χ1v) is 5.45. The Balaban J connectivity index is 1.78. The predicted octanol–water partition coefficient (Wildman–Crippen LogP) is 1.25. The smallest absolute Gasteiger partial charge is 0.219 e. The van der Waals surface area contributed by atoms with Gasteiger partial charge >= 0.3 is 0 Å². The van der Waals surface area contributed by atoms with Gasteiger partial charge in [0.15, 0.2) is 0 Å². The van der Waals surface area contributed by atoms with Crippen LogP contribution in [0.2, 0.25) is 0 Å². The highest BCUT2D eigenvalue weighted by molar-refractivity contribution is 5.74. The van der Waals surface area contributed by atoms with E-state index < -0.39 is 0 Å². The van der Waals surface area contributed by atoms with E-state index in [0.717, 1.165) is 24.4 Å². The molecule has 1 aliphatic rings. The van der Waals surface area contributed by atoms with E-state index >= 15 is 0 Å². The second-order valence-electron chi connectivity index (χ2n) is 4.24. The van der Waals surface area contributed by atoms with Crippen LogP contribution in [0.3, 0.4) is 0 Å². The molecule has 1 aromatic heterocycles. The van der Waals surface area contributed by atoms with Gasteiger partial charge in [0.1, 0.15) is 5.75 Å². The maximum atomic E-state index is 11.0. The molecule has 4 nitrogen and oxygen atoms in total. The van der Waals surface area contributed by atoms with Gasteiger partial charge < -0.3 is 9.64 Å². The average Bonchev–Trinajstić information content (AvgIpc) is 2.17. The SMILES string of the molecule is CC(=O)N1CC(COc2ccncc2C)C1. The van der Waals surface area contributed by atoms with Crippen LogP contribution in [0.1, 0.15) is 12.5 Å². The topological polar surface area (TPSA) is 42.4 Å². The highest BCUT2D eigenvalue weighted by atomic mass is 16.5. The van der Waals surface area contributed by atoms with Crippen molar-refractivity contribution in [3.8, 4) is 5.75 Å². The van der Waals surface area contributed by atoms with E-state index in [9.17, 15) is 4.79 Å². The number of likely N-dealkylation sites (tertiary alicyclic amines) is 1. The fraction of sp³-hybridized carbons (Fsp3) is 0.500. The van der Waals surface area contributed by atoms with E-state index in [2.05, 4.69) is 4.98 Å². The van der Waals surface area contributed by atoms with E-state index in [1.54, 1.807) is 19.3 Å². The minimum atomic E-state index is 0.149. The van der Waals surface area contributed by atoms with Crippen molar-refractivity contribution in [1.29, 1.82) is 0 Å². The normalized spacial score (nSPS) is 15.8. The number of amides is 1. The molecule has 0 radical (unpaired) electrons. The van der Waals surface area contributed by atoms with Gasteiger partial charge in [0.25, 0.3) is 0 Å². The van der Waals surface area contributed by atoms with Gasteiger partial charge in [-0.15, -0.1) is 0 Å². The first kappa shape index (κ1) is 10.9. The van der Waals surface area contributed by atoms with Crippen LogP contribution < -0.4 is 4.74 Å². The molecule has 86 valence electrons. The number of hydrogen-bond donors (Lipinski definition) is 0. The molecule has 2 heterocycles. The minimum Gasteiger partial charge on any atom is -0.493 e. The van der Waals surface area contributed by atoms with Crippen LogP contribution in [0.4, 0.5) is 0 Å². The van der Waals surface area contributed by atoms with Gasteiger partial charge in [0, 0.05) is 43.9 Å². The Morgan fingerprint density at radius 1 is 1.62 bits per heavy atom. The molecule has 0 saturated carbocycles. The zero-order valence-corrected chi connectivity index (χ0v) is 9.64. The van der Waals surface area contributed by atoms with Crippen molar-refractivity contribution in [2.45, 2.75) is 13.8 Å². The summed E-state index contributed by atoms with van der Waals surface area (Å²) in [7, 11) is 0. The second kappa shape index (κ2) is 4.51. The molecule has 1 saturated heterocycles. The van der Waals surface area contributed by atoms with Crippen LogP contribution in [0, 0.1) is 12.8 Å².